The summed E-state index contributed by atoms with van der Waals surface area (Å²) in [6.07, 6.45) is 3.99. The molecule has 1 rings (SSSR count). The van der Waals surface area contributed by atoms with E-state index in [1.165, 1.54) is 33.5 Å². The molecule has 0 aliphatic heterocycles. The van der Waals surface area contributed by atoms with E-state index in [1.807, 2.05) is 0 Å². The minimum absolute atomic E-state index is 0.118. The average Bonchev–Trinajstić information content (AvgIpc) is 2.27. The Bertz CT molecular complexity index is 301. The predicted molar refractivity (Wildman–Crippen MR) is 52.4 cm³/mol. The lowest BCUT2D eigenvalue weighted by atomic mass is 9.98. The molecule has 0 bridgehead atoms. The third kappa shape index (κ3) is 2.09. The maximum Gasteiger partial charge on any atom is 0.335 e. The number of carboxylic acid groups (broad SMARTS) is 1. The van der Waals surface area contributed by atoms with Crippen molar-refractivity contribution in [2.75, 3.05) is 21.3 Å². The molecule has 1 aliphatic rings. The van der Waals surface area contributed by atoms with Gasteiger partial charge >= 0.3 is 5.97 Å². The molecule has 0 aromatic rings. The van der Waals surface area contributed by atoms with Crippen LogP contribution in [0.25, 0.3) is 0 Å². The average molecular weight is 214 g/mol. The minimum Gasteiger partial charge on any atom is -0.478 e. The number of methoxy groups -OCH3 is 3. The number of hydrogen-bond acceptors (Lipinski definition) is 4. The second-order valence-corrected chi connectivity index (χ2v) is 3.05. The Morgan fingerprint density at radius 1 is 1.40 bits per heavy atom. The molecule has 5 heteroatoms. The zero-order valence-corrected chi connectivity index (χ0v) is 8.89. The monoisotopic (exact) mass is 214 g/mol. The van der Waals surface area contributed by atoms with E-state index in [4.69, 9.17) is 19.3 Å². The highest BCUT2D eigenvalue weighted by molar-refractivity contribution is 5.90. The highest BCUT2D eigenvalue weighted by atomic mass is 16.7. The van der Waals surface area contributed by atoms with E-state index in [1.54, 1.807) is 6.08 Å². The first-order chi connectivity index (χ1) is 7.09. The van der Waals surface area contributed by atoms with Crippen molar-refractivity contribution in [2.24, 2.45) is 0 Å². The Morgan fingerprint density at radius 3 is 2.40 bits per heavy atom. The highest BCUT2D eigenvalue weighted by Crippen LogP contribution is 2.28. The zero-order valence-electron chi connectivity index (χ0n) is 8.89. The van der Waals surface area contributed by atoms with E-state index < -0.39 is 17.9 Å². The van der Waals surface area contributed by atoms with Gasteiger partial charge in [0.25, 0.3) is 0 Å². The first kappa shape index (κ1) is 11.9. The third-order valence-corrected chi connectivity index (χ3v) is 2.34. The van der Waals surface area contributed by atoms with Gasteiger partial charge in [-0.25, -0.2) is 4.79 Å². The van der Waals surface area contributed by atoms with E-state index in [0.29, 0.717) is 0 Å². The molecule has 0 aromatic carbocycles. The highest BCUT2D eigenvalue weighted by Gasteiger charge is 2.39. The fourth-order valence-electron chi connectivity index (χ4n) is 1.48. The summed E-state index contributed by atoms with van der Waals surface area (Å²) in [5, 5.41) is 8.85. The second-order valence-electron chi connectivity index (χ2n) is 3.05. The van der Waals surface area contributed by atoms with E-state index in [-0.39, 0.29) is 5.57 Å². The van der Waals surface area contributed by atoms with Crippen LogP contribution < -0.4 is 0 Å². The van der Waals surface area contributed by atoms with E-state index in [9.17, 15) is 4.79 Å². The van der Waals surface area contributed by atoms with Crippen molar-refractivity contribution in [1.29, 1.82) is 0 Å². The van der Waals surface area contributed by atoms with Crippen LogP contribution >= 0.6 is 0 Å². The first-order valence-corrected chi connectivity index (χ1v) is 4.37. The van der Waals surface area contributed by atoms with Gasteiger partial charge in [-0.3, -0.25) is 0 Å². The molecule has 0 saturated heterocycles. The zero-order chi connectivity index (χ0) is 11.5. The minimum atomic E-state index is -1.17. The van der Waals surface area contributed by atoms with Gasteiger partial charge in [-0.2, -0.15) is 0 Å². The van der Waals surface area contributed by atoms with Gasteiger partial charge in [0.05, 0.1) is 5.57 Å². The van der Waals surface area contributed by atoms with Crippen LogP contribution in [0.2, 0.25) is 0 Å². The number of rotatable bonds is 4. The summed E-state index contributed by atoms with van der Waals surface area (Å²) >= 11 is 0. The molecule has 0 saturated carbocycles. The fraction of sp³-hybridized carbons (Fsp3) is 0.500. The summed E-state index contributed by atoms with van der Waals surface area (Å²) in [6, 6.07) is 0. The van der Waals surface area contributed by atoms with Gasteiger partial charge in [0.2, 0.25) is 5.79 Å². The van der Waals surface area contributed by atoms with Crippen LogP contribution in [0.1, 0.15) is 0 Å². The van der Waals surface area contributed by atoms with Gasteiger partial charge in [0.15, 0.2) is 0 Å². The molecule has 1 aliphatic carbocycles. The van der Waals surface area contributed by atoms with Gasteiger partial charge in [-0.05, 0) is 18.2 Å². The topological polar surface area (TPSA) is 65.0 Å². The number of carbonyl (C=O) groups is 1. The number of ether oxygens (including phenoxy) is 3. The van der Waals surface area contributed by atoms with Crippen LogP contribution in [0.4, 0.5) is 0 Å². The van der Waals surface area contributed by atoms with Gasteiger partial charge in [-0.15, -0.1) is 0 Å². The summed E-state index contributed by atoms with van der Waals surface area (Å²) in [4.78, 5) is 10.8. The number of hydrogen-bond donors (Lipinski definition) is 1. The van der Waals surface area contributed by atoms with Gasteiger partial charge in [-0.1, -0.05) is 0 Å². The maximum atomic E-state index is 10.8. The summed E-state index contributed by atoms with van der Waals surface area (Å²) in [5.41, 5.74) is 0.118. The van der Waals surface area contributed by atoms with Crippen LogP contribution in [0.3, 0.4) is 0 Å². The molecule has 0 heterocycles. The molecule has 0 aromatic heterocycles. The van der Waals surface area contributed by atoms with Gasteiger partial charge < -0.3 is 19.3 Å². The van der Waals surface area contributed by atoms with Gasteiger partial charge in [0, 0.05) is 21.3 Å². The second kappa shape index (κ2) is 4.57. The molecule has 1 atom stereocenters. The molecule has 1 unspecified atom stereocenters. The summed E-state index contributed by atoms with van der Waals surface area (Å²) in [7, 11) is 4.37. The standard InChI is InChI=1S/C10H14O5/c1-13-8-5-4-7(9(11)12)6-10(8,14-2)15-3/h4-6,8H,1-3H3,(H,11,12). The quantitative estimate of drug-likeness (QED) is 0.693. The lowest BCUT2D eigenvalue weighted by Gasteiger charge is -2.35. The Kier molecular flexibility index (Phi) is 3.62. The van der Waals surface area contributed by atoms with E-state index in [2.05, 4.69) is 0 Å². The Balaban J connectivity index is 3.08. The molecule has 0 fully saturated rings. The molecule has 84 valence electrons. The van der Waals surface area contributed by atoms with Crippen LogP contribution in [-0.2, 0) is 19.0 Å². The molecule has 15 heavy (non-hydrogen) atoms. The van der Waals surface area contributed by atoms with Gasteiger partial charge in [0.1, 0.15) is 6.10 Å². The van der Waals surface area contributed by atoms with Crippen molar-refractivity contribution in [2.45, 2.75) is 11.9 Å². The smallest absolute Gasteiger partial charge is 0.335 e. The Labute approximate surface area is 87.9 Å². The van der Waals surface area contributed by atoms with E-state index >= 15 is 0 Å². The number of carboxylic acids is 1. The lowest BCUT2D eigenvalue weighted by molar-refractivity contribution is -0.221. The molecule has 5 nitrogen and oxygen atoms in total. The van der Waals surface area contributed by atoms with Crippen molar-refractivity contribution in [3.05, 3.63) is 23.8 Å². The lowest BCUT2D eigenvalue weighted by Crippen LogP contribution is -2.46. The molecule has 0 spiro atoms. The summed E-state index contributed by atoms with van der Waals surface area (Å²) in [6.45, 7) is 0. The Morgan fingerprint density at radius 2 is 2.00 bits per heavy atom. The predicted octanol–water partition coefficient (Wildman–Crippen LogP) is 0.571. The van der Waals surface area contributed by atoms with Crippen molar-refractivity contribution in [3.8, 4) is 0 Å². The van der Waals surface area contributed by atoms with Crippen LogP contribution in [0, 0.1) is 0 Å². The van der Waals surface area contributed by atoms with Crippen molar-refractivity contribution >= 4 is 5.97 Å². The molecule has 1 N–H and O–H groups in total. The van der Waals surface area contributed by atoms with Crippen LogP contribution in [-0.4, -0.2) is 44.3 Å². The number of aliphatic carboxylic acids is 1. The SMILES string of the molecule is COC1C=CC(C(=O)O)=CC1(OC)OC. The molecular weight excluding hydrogens is 200 g/mol. The van der Waals surface area contributed by atoms with Crippen molar-refractivity contribution < 1.29 is 24.1 Å². The third-order valence-electron chi connectivity index (χ3n) is 2.34. The van der Waals surface area contributed by atoms with Crippen molar-refractivity contribution in [3.63, 3.8) is 0 Å². The van der Waals surface area contributed by atoms with Crippen molar-refractivity contribution in [1.82, 2.24) is 0 Å². The summed E-state index contributed by atoms with van der Waals surface area (Å²) in [5.74, 6) is -2.20. The molecule has 0 radical (unpaired) electrons. The molecule has 0 amide bonds. The van der Waals surface area contributed by atoms with Crippen LogP contribution in [0.15, 0.2) is 23.8 Å². The fourth-order valence-corrected chi connectivity index (χ4v) is 1.48. The summed E-state index contributed by atoms with van der Waals surface area (Å²) < 4.78 is 15.5. The molecular formula is C10H14O5. The van der Waals surface area contributed by atoms with Crippen LogP contribution in [0.5, 0.6) is 0 Å². The van der Waals surface area contributed by atoms with E-state index in [0.717, 1.165) is 0 Å². The normalized spacial score (nSPS) is 23.7. The maximum absolute atomic E-state index is 10.8. The Hall–Kier alpha value is -1.17. The largest absolute Gasteiger partial charge is 0.478 e. The first-order valence-electron chi connectivity index (χ1n) is 4.37.